The van der Waals surface area contributed by atoms with Crippen molar-refractivity contribution < 1.29 is 19.1 Å². The van der Waals surface area contributed by atoms with Crippen LogP contribution in [0.15, 0.2) is 35.1 Å². The molecule has 1 unspecified atom stereocenters. The molecule has 8 heteroatoms. The number of aromatic nitrogens is 1. The van der Waals surface area contributed by atoms with Crippen LogP contribution >= 0.6 is 0 Å². The first-order valence-corrected chi connectivity index (χ1v) is 11.6. The summed E-state index contributed by atoms with van der Waals surface area (Å²) in [5.74, 6) is 0.336. The van der Waals surface area contributed by atoms with Crippen LogP contribution in [0.4, 0.5) is 0 Å². The largest absolute Gasteiger partial charge is 0.443 e. The smallest absolute Gasteiger partial charge is 0.243 e. The highest BCUT2D eigenvalue weighted by molar-refractivity contribution is 5.91. The van der Waals surface area contributed by atoms with Gasteiger partial charge in [-0.15, -0.1) is 0 Å². The van der Waals surface area contributed by atoms with E-state index in [0.29, 0.717) is 13.1 Å². The molecule has 0 saturated carbocycles. The Labute approximate surface area is 195 Å². The highest BCUT2D eigenvalue weighted by Gasteiger charge is 2.43. The summed E-state index contributed by atoms with van der Waals surface area (Å²) < 4.78 is 5.42. The molecule has 3 atom stereocenters. The molecule has 180 valence electrons. The molecule has 0 spiro atoms. The molecule has 1 aliphatic heterocycles. The summed E-state index contributed by atoms with van der Waals surface area (Å²) >= 11 is 0. The summed E-state index contributed by atoms with van der Waals surface area (Å²) in [6.07, 6.45) is 1.86. The molecule has 0 bridgehead atoms. The molecule has 1 aliphatic rings. The molecule has 2 heterocycles. The molecule has 1 saturated heterocycles. The van der Waals surface area contributed by atoms with Crippen LogP contribution in [0.1, 0.15) is 51.8 Å². The Morgan fingerprint density at radius 2 is 1.97 bits per heavy atom. The van der Waals surface area contributed by atoms with Gasteiger partial charge in [0.15, 0.2) is 12.2 Å². The highest BCUT2D eigenvalue weighted by Crippen LogP contribution is 2.26. The maximum absolute atomic E-state index is 13.4. The maximum Gasteiger partial charge on any atom is 0.243 e. The van der Waals surface area contributed by atoms with Gasteiger partial charge in [-0.1, -0.05) is 52.0 Å². The number of benzene rings is 1. The van der Waals surface area contributed by atoms with Crippen molar-refractivity contribution in [3.8, 4) is 11.3 Å². The van der Waals surface area contributed by atoms with E-state index < -0.39 is 18.2 Å². The third-order valence-corrected chi connectivity index (χ3v) is 6.00. The van der Waals surface area contributed by atoms with Gasteiger partial charge in [-0.3, -0.25) is 9.59 Å². The van der Waals surface area contributed by atoms with Gasteiger partial charge in [-0.2, -0.15) is 0 Å². The number of rotatable bonds is 8. The number of aliphatic hydroxyl groups excluding tert-OH is 1. The monoisotopic (exact) mass is 456 g/mol. The van der Waals surface area contributed by atoms with Crippen molar-refractivity contribution in [2.24, 2.45) is 5.41 Å². The highest BCUT2D eigenvalue weighted by atomic mass is 16.3. The lowest BCUT2D eigenvalue weighted by Crippen LogP contribution is -2.56. The van der Waals surface area contributed by atoms with Crippen molar-refractivity contribution in [2.45, 2.75) is 72.2 Å². The fourth-order valence-corrected chi connectivity index (χ4v) is 4.18. The fraction of sp³-hybridized carbons (Fsp3) is 0.560. The summed E-state index contributed by atoms with van der Waals surface area (Å²) in [5, 5.41) is 16.5. The van der Waals surface area contributed by atoms with Gasteiger partial charge in [0.25, 0.3) is 0 Å². The summed E-state index contributed by atoms with van der Waals surface area (Å²) in [6.45, 7) is 11.2. The first-order chi connectivity index (χ1) is 15.6. The predicted molar refractivity (Wildman–Crippen MR) is 126 cm³/mol. The number of hydrogen-bond donors (Lipinski definition) is 3. The van der Waals surface area contributed by atoms with E-state index in [-0.39, 0.29) is 30.2 Å². The molecule has 3 N–H and O–H groups in total. The number of carbonyl (C=O) groups excluding carboxylic acids is 2. The van der Waals surface area contributed by atoms with E-state index in [2.05, 4.69) is 15.6 Å². The summed E-state index contributed by atoms with van der Waals surface area (Å²) in [4.78, 5) is 32.0. The molecule has 33 heavy (non-hydrogen) atoms. The number of hydrogen-bond acceptors (Lipinski definition) is 6. The van der Waals surface area contributed by atoms with Crippen LogP contribution in [0.25, 0.3) is 11.3 Å². The lowest BCUT2D eigenvalue weighted by atomic mass is 9.85. The van der Waals surface area contributed by atoms with Crippen molar-refractivity contribution in [3.63, 3.8) is 0 Å². The number of oxazole rings is 1. The molecular weight excluding hydrogens is 420 g/mol. The number of nitrogens with one attached hydrogen (secondary N) is 2. The van der Waals surface area contributed by atoms with Gasteiger partial charge in [-0.25, -0.2) is 4.98 Å². The number of likely N-dealkylation sites (tertiary alicyclic amines) is 1. The molecule has 0 radical (unpaired) electrons. The minimum Gasteiger partial charge on any atom is -0.443 e. The average Bonchev–Trinajstić information content (AvgIpc) is 3.37. The van der Waals surface area contributed by atoms with E-state index >= 15 is 0 Å². The minimum atomic E-state index is -0.707. The van der Waals surface area contributed by atoms with Gasteiger partial charge in [0.2, 0.25) is 11.8 Å². The number of aliphatic hydroxyl groups is 1. The van der Waals surface area contributed by atoms with Gasteiger partial charge in [0.05, 0.1) is 17.8 Å². The van der Waals surface area contributed by atoms with Crippen molar-refractivity contribution in [2.75, 3.05) is 13.1 Å². The Morgan fingerprint density at radius 1 is 1.27 bits per heavy atom. The van der Waals surface area contributed by atoms with Crippen LogP contribution < -0.4 is 10.6 Å². The lowest BCUT2D eigenvalue weighted by molar-refractivity contribution is -0.142. The average molecular weight is 457 g/mol. The molecule has 0 aliphatic carbocycles. The van der Waals surface area contributed by atoms with Crippen LogP contribution in [-0.2, 0) is 16.1 Å². The van der Waals surface area contributed by atoms with Crippen LogP contribution in [-0.4, -0.2) is 58.1 Å². The van der Waals surface area contributed by atoms with Crippen molar-refractivity contribution >= 4 is 11.8 Å². The molecule has 1 fully saturated rings. The first kappa shape index (κ1) is 24.9. The molecule has 8 nitrogen and oxygen atoms in total. The zero-order chi connectivity index (χ0) is 24.2. The Kier molecular flexibility index (Phi) is 7.92. The van der Waals surface area contributed by atoms with Crippen molar-refractivity contribution in [3.05, 3.63) is 41.9 Å². The van der Waals surface area contributed by atoms with Gasteiger partial charge in [0.1, 0.15) is 6.04 Å². The lowest BCUT2D eigenvalue weighted by Gasteiger charge is -2.35. The topological polar surface area (TPSA) is 108 Å². The van der Waals surface area contributed by atoms with E-state index in [1.165, 1.54) is 11.3 Å². The summed E-state index contributed by atoms with van der Waals surface area (Å²) in [6, 6.07) is 6.60. The first-order valence-electron chi connectivity index (χ1n) is 11.6. The zero-order valence-electron chi connectivity index (χ0n) is 20.2. The second kappa shape index (κ2) is 10.5. The quantitative estimate of drug-likeness (QED) is 0.564. The van der Waals surface area contributed by atoms with Crippen LogP contribution in [0.3, 0.4) is 0 Å². The molecule has 1 aromatic heterocycles. The number of nitrogens with zero attached hydrogens (tertiary/aromatic N) is 2. The standard InChI is InChI=1S/C25H36N4O4/c1-6-11-26-22(25(3,4)5)24(32)29-14-19(30)12-20(29)23(31)27-13-17-7-9-18(10-8-17)21-16(2)28-15-33-21/h7-10,15,19-20,22,26,30H,6,11-14H2,1-5H3,(H,27,31)/t19-,20+,22?/m1/s1. The van der Waals surface area contributed by atoms with E-state index in [0.717, 1.165) is 29.0 Å². The molecular formula is C25H36N4O4. The SMILES string of the molecule is CCCNC(C(=O)N1C[C@H](O)C[C@H]1C(=O)NCc1ccc(-c2ocnc2C)cc1)C(C)(C)C. The third-order valence-electron chi connectivity index (χ3n) is 6.00. The second-order valence-electron chi connectivity index (χ2n) is 9.83. The Hall–Kier alpha value is -2.71. The molecule has 2 amide bonds. The maximum atomic E-state index is 13.4. The number of carbonyl (C=O) groups is 2. The molecule has 2 aromatic rings. The summed E-state index contributed by atoms with van der Waals surface area (Å²) in [5.41, 5.74) is 2.36. The second-order valence-corrected chi connectivity index (χ2v) is 9.83. The normalized spacial score (nSPS) is 19.5. The number of β-amino-alcohol motifs (C(OH)–C–C–N with tert-alkyl or cyclic N) is 1. The van der Waals surface area contributed by atoms with E-state index in [4.69, 9.17) is 4.42 Å². The van der Waals surface area contributed by atoms with E-state index in [9.17, 15) is 14.7 Å². The van der Waals surface area contributed by atoms with Crippen molar-refractivity contribution in [1.29, 1.82) is 0 Å². The van der Waals surface area contributed by atoms with Gasteiger partial charge in [0, 0.05) is 25.1 Å². The Morgan fingerprint density at radius 3 is 2.55 bits per heavy atom. The Balaban J connectivity index is 1.65. The van der Waals surface area contributed by atoms with Crippen molar-refractivity contribution in [1.82, 2.24) is 20.5 Å². The zero-order valence-corrected chi connectivity index (χ0v) is 20.2. The summed E-state index contributed by atoms with van der Waals surface area (Å²) in [7, 11) is 0. The van der Waals surface area contributed by atoms with Crippen LogP contribution in [0, 0.1) is 12.3 Å². The molecule has 3 rings (SSSR count). The van der Waals surface area contributed by atoms with Gasteiger partial charge in [-0.05, 0) is 30.9 Å². The number of aryl methyl sites for hydroxylation is 1. The predicted octanol–water partition coefficient (Wildman–Crippen LogP) is 2.64. The van der Waals surface area contributed by atoms with E-state index in [1.807, 2.05) is 58.9 Å². The van der Waals surface area contributed by atoms with Gasteiger partial charge >= 0.3 is 0 Å². The fourth-order valence-electron chi connectivity index (χ4n) is 4.18. The van der Waals surface area contributed by atoms with E-state index in [1.54, 1.807) is 0 Å². The van der Waals surface area contributed by atoms with Crippen LogP contribution in [0.2, 0.25) is 0 Å². The number of amides is 2. The molecule has 1 aromatic carbocycles. The Bertz CT molecular complexity index is 948. The third kappa shape index (κ3) is 6.00. The van der Waals surface area contributed by atoms with Crippen LogP contribution in [0.5, 0.6) is 0 Å². The minimum absolute atomic E-state index is 0.139. The van der Waals surface area contributed by atoms with Gasteiger partial charge < -0.3 is 25.1 Å².